The SMILES string of the molecule is Cc1nnc(C(CC(=O)NCCS(C)(=O)=O)c2ccccc2)o1. The molecule has 2 rings (SSSR count). The van der Waals surface area contributed by atoms with Gasteiger partial charge in [0.15, 0.2) is 0 Å². The molecule has 23 heavy (non-hydrogen) atoms. The molecule has 1 unspecified atom stereocenters. The van der Waals surface area contributed by atoms with E-state index in [1.807, 2.05) is 30.3 Å². The lowest BCUT2D eigenvalue weighted by Gasteiger charge is -2.13. The van der Waals surface area contributed by atoms with Crippen molar-refractivity contribution in [2.45, 2.75) is 19.3 Å². The first-order chi connectivity index (χ1) is 10.8. The predicted molar refractivity (Wildman–Crippen MR) is 84.7 cm³/mol. The summed E-state index contributed by atoms with van der Waals surface area (Å²) in [6.45, 7) is 1.77. The zero-order valence-electron chi connectivity index (χ0n) is 13.0. The molecule has 0 bridgehead atoms. The summed E-state index contributed by atoms with van der Waals surface area (Å²) < 4.78 is 27.7. The van der Waals surface area contributed by atoms with Gasteiger partial charge in [0.2, 0.25) is 17.7 Å². The van der Waals surface area contributed by atoms with Crippen LogP contribution in [0.2, 0.25) is 0 Å². The fourth-order valence-electron chi connectivity index (χ4n) is 2.12. The van der Waals surface area contributed by atoms with E-state index in [1.165, 1.54) is 0 Å². The number of hydrogen-bond acceptors (Lipinski definition) is 6. The third-order valence-corrected chi connectivity index (χ3v) is 4.17. The summed E-state index contributed by atoms with van der Waals surface area (Å²) in [4.78, 5) is 12.1. The van der Waals surface area contributed by atoms with Gasteiger partial charge >= 0.3 is 0 Å². The van der Waals surface area contributed by atoms with E-state index in [0.717, 1.165) is 11.8 Å². The summed E-state index contributed by atoms with van der Waals surface area (Å²) in [6.07, 6.45) is 1.24. The van der Waals surface area contributed by atoms with Crippen LogP contribution in [0.1, 0.15) is 29.7 Å². The Morgan fingerprint density at radius 1 is 1.26 bits per heavy atom. The van der Waals surface area contributed by atoms with Crippen molar-refractivity contribution in [2.24, 2.45) is 0 Å². The number of carbonyl (C=O) groups is 1. The van der Waals surface area contributed by atoms with Crippen LogP contribution in [0.5, 0.6) is 0 Å². The van der Waals surface area contributed by atoms with Crippen LogP contribution in [0.15, 0.2) is 34.7 Å². The fraction of sp³-hybridized carbons (Fsp3) is 0.400. The van der Waals surface area contributed by atoms with Crippen LogP contribution in [-0.2, 0) is 14.6 Å². The highest BCUT2D eigenvalue weighted by Gasteiger charge is 2.23. The van der Waals surface area contributed by atoms with Gasteiger partial charge in [-0.1, -0.05) is 30.3 Å². The zero-order chi connectivity index (χ0) is 16.9. The highest BCUT2D eigenvalue weighted by atomic mass is 32.2. The quantitative estimate of drug-likeness (QED) is 0.810. The third kappa shape index (κ3) is 5.48. The molecule has 7 nitrogen and oxygen atoms in total. The Hall–Kier alpha value is -2.22. The van der Waals surface area contributed by atoms with Crippen LogP contribution in [0.3, 0.4) is 0 Å². The topological polar surface area (TPSA) is 102 Å². The Morgan fingerprint density at radius 3 is 2.52 bits per heavy atom. The van der Waals surface area contributed by atoms with Gasteiger partial charge in [-0.25, -0.2) is 8.42 Å². The minimum Gasteiger partial charge on any atom is -0.425 e. The number of benzene rings is 1. The van der Waals surface area contributed by atoms with Crippen LogP contribution < -0.4 is 5.32 Å². The number of nitrogens with one attached hydrogen (secondary N) is 1. The van der Waals surface area contributed by atoms with Crippen molar-refractivity contribution in [3.63, 3.8) is 0 Å². The maximum Gasteiger partial charge on any atom is 0.224 e. The number of rotatable bonds is 7. The van der Waals surface area contributed by atoms with Gasteiger partial charge in [-0.05, 0) is 5.56 Å². The average Bonchev–Trinajstić information content (AvgIpc) is 2.90. The van der Waals surface area contributed by atoms with E-state index in [1.54, 1.807) is 6.92 Å². The van der Waals surface area contributed by atoms with Gasteiger partial charge in [0.25, 0.3) is 0 Å². The number of nitrogens with zero attached hydrogens (tertiary/aromatic N) is 2. The van der Waals surface area contributed by atoms with E-state index in [4.69, 9.17) is 4.42 Å². The molecule has 0 saturated heterocycles. The number of aryl methyl sites for hydroxylation is 1. The lowest BCUT2D eigenvalue weighted by atomic mass is 9.95. The first-order valence-corrected chi connectivity index (χ1v) is 9.20. The molecule has 1 atom stereocenters. The Kier molecular flexibility index (Phi) is 5.49. The van der Waals surface area contributed by atoms with E-state index in [9.17, 15) is 13.2 Å². The van der Waals surface area contributed by atoms with Gasteiger partial charge in [0, 0.05) is 26.1 Å². The fourth-order valence-corrected chi connectivity index (χ4v) is 2.59. The van der Waals surface area contributed by atoms with Crippen LogP contribution in [0.4, 0.5) is 0 Å². The van der Waals surface area contributed by atoms with Gasteiger partial charge in [-0.2, -0.15) is 0 Å². The smallest absolute Gasteiger partial charge is 0.224 e. The Bertz CT molecular complexity index is 756. The van der Waals surface area contributed by atoms with Crippen LogP contribution in [0, 0.1) is 6.92 Å². The summed E-state index contributed by atoms with van der Waals surface area (Å²) >= 11 is 0. The summed E-state index contributed by atoms with van der Waals surface area (Å²) in [7, 11) is -3.10. The molecule has 1 aromatic carbocycles. The number of amides is 1. The largest absolute Gasteiger partial charge is 0.425 e. The van der Waals surface area contributed by atoms with Crippen molar-refractivity contribution in [3.8, 4) is 0 Å². The first-order valence-electron chi connectivity index (χ1n) is 7.14. The van der Waals surface area contributed by atoms with Crippen molar-refractivity contribution in [1.29, 1.82) is 0 Å². The highest BCUT2D eigenvalue weighted by Crippen LogP contribution is 2.26. The van der Waals surface area contributed by atoms with Crippen LogP contribution in [0.25, 0.3) is 0 Å². The number of hydrogen-bond donors (Lipinski definition) is 1. The standard InChI is InChI=1S/C15H19N3O4S/c1-11-17-18-15(22-11)13(12-6-4-3-5-7-12)10-14(19)16-8-9-23(2,20)21/h3-7,13H,8-10H2,1-2H3,(H,16,19). The monoisotopic (exact) mass is 337 g/mol. The van der Waals surface area contributed by atoms with Gasteiger partial charge < -0.3 is 9.73 Å². The molecule has 0 aliphatic carbocycles. The van der Waals surface area contributed by atoms with E-state index >= 15 is 0 Å². The molecule has 0 spiro atoms. The summed E-state index contributed by atoms with van der Waals surface area (Å²) in [5.41, 5.74) is 0.884. The maximum atomic E-state index is 12.1. The van der Waals surface area contributed by atoms with Crippen molar-refractivity contribution < 1.29 is 17.6 Å². The first kappa shape index (κ1) is 17.1. The lowest BCUT2D eigenvalue weighted by molar-refractivity contribution is -0.121. The Morgan fingerprint density at radius 2 is 1.96 bits per heavy atom. The van der Waals surface area contributed by atoms with Crippen molar-refractivity contribution in [2.75, 3.05) is 18.6 Å². The molecule has 0 aliphatic heterocycles. The zero-order valence-corrected chi connectivity index (χ0v) is 13.8. The van der Waals surface area contributed by atoms with Crippen LogP contribution >= 0.6 is 0 Å². The Balaban J connectivity index is 2.08. The van der Waals surface area contributed by atoms with E-state index in [-0.39, 0.29) is 30.5 Å². The number of aromatic nitrogens is 2. The lowest BCUT2D eigenvalue weighted by Crippen LogP contribution is -2.30. The van der Waals surface area contributed by atoms with Crippen LogP contribution in [-0.4, -0.2) is 43.1 Å². The molecule has 0 radical (unpaired) electrons. The summed E-state index contributed by atoms with van der Waals surface area (Å²) in [5, 5.41) is 10.4. The van der Waals surface area contributed by atoms with E-state index < -0.39 is 9.84 Å². The summed E-state index contributed by atoms with van der Waals surface area (Å²) in [6, 6.07) is 9.38. The molecular formula is C15H19N3O4S. The second-order valence-electron chi connectivity index (χ2n) is 5.31. The molecule has 1 amide bonds. The highest BCUT2D eigenvalue weighted by molar-refractivity contribution is 7.90. The molecule has 124 valence electrons. The molecular weight excluding hydrogens is 318 g/mol. The molecule has 8 heteroatoms. The second-order valence-corrected chi connectivity index (χ2v) is 7.57. The number of sulfone groups is 1. The van der Waals surface area contributed by atoms with Gasteiger partial charge in [0.1, 0.15) is 9.84 Å². The Labute approximate surface area is 135 Å². The number of carbonyl (C=O) groups excluding carboxylic acids is 1. The average molecular weight is 337 g/mol. The molecule has 1 aromatic heterocycles. The molecule has 1 N–H and O–H groups in total. The molecule has 0 aliphatic rings. The molecule has 0 fully saturated rings. The van der Waals surface area contributed by atoms with E-state index in [2.05, 4.69) is 15.5 Å². The van der Waals surface area contributed by atoms with E-state index in [0.29, 0.717) is 11.8 Å². The normalized spacial score (nSPS) is 12.8. The van der Waals surface area contributed by atoms with Gasteiger partial charge in [-0.15, -0.1) is 10.2 Å². The predicted octanol–water partition coefficient (Wildman–Crippen LogP) is 1.06. The van der Waals surface area contributed by atoms with Crippen molar-refractivity contribution in [1.82, 2.24) is 15.5 Å². The van der Waals surface area contributed by atoms with Crippen molar-refractivity contribution in [3.05, 3.63) is 47.7 Å². The minimum atomic E-state index is -3.10. The van der Waals surface area contributed by atoms with Gasteiger partial charge in [0.05, 0.1) is 11.7 Å². The maximum absolute atomic E-state index is 12.1. The van der Waals surface area contributed by atoms with Gasteiger partial charge in [-0.3, -0.25) is 4.79 Å². The summed E-state index contributed by atoms with van der Waals surface area (Å²) in [5.74, 6) is 0.0772. The molecule has 2 aromatic rings. The second kappa shape index (κ2) is 7.36. The minimum absolute atomic E-state index is 0.0854. The van der Waals surface area contributed by atoms with Crippen molar-refractivity contribution >= 4 is 15.7 Å². The molecule has 0 saturated carbocycles. The molecule has 1 heterocycles. The third-order valence-electron chi connectivity index (χ3n) is 3.23.